The highest BCUT2D eigenvalue weighted by atomic mass is 35.5. The van der Waals surface area contributed by atoms with Gasteiger partial charge in [0.2, 0.25) is 5.91 Å². The van der Waals surface area contributed by atoms with E-state index in [9.17, 15) is 9.90 Å². The van der Waals surface area contributed by atoms with Gasteiger partial charge >= 0.3 is 0 Å². The maximum absolute atomic E-state index is 12.0. The van der Waals surface area contributed by atoms with Crippen LogP contribution in [0.5, 0.6) is 11.5 Å². The van der Waals surface area contributed by atoms with Crippen molar-refractivity contribution in [3.05, 3.63) is 65.0 Å². The van der Waals surface area contributed by atoms with E-state index in [1.165, 1.54) is 6.33 Å². The van der Waals surface area contributed by atoms with Crippen molar-refractivity contribution in [1.29, 1.82) is 0 Å². The molecule has 34 heavy (non-hydrogen) atoms. The molecule has 0 bridgehead atoms. The SMILES string of the molecule is O=C(Nc1cccc(Oc2ccc(Nc3ncnc4cc(Cl)n(CCO)c34)cc2Cl)c1)C1CC1. The van der Waals surface area contributed by atoms with Crippen molar-refractivity contribution in [2.75, 3.05) is 17.2 Å². The topological polar surface area (TPSA) is 101 Å². The van der Waals surface area contributed by atoms with Crippen molar-refractivity contribution in [3.8, 4) is 11.5 Å². The van der Waals surface area contributed by atoms with E-state index in [-0.39, 0.29) is 18.4 Å². The Morgan fingerprint density at radius 2 is 1.97 bits per heavy atom. The van der Waals surface area contributed by atoms with E-state index in [1.54, 1.807) is 34.9 Å². The molecule has 8 nitrogen and oxygen atoms in total. The van der Waals surface area contributed by atoms with Crippen molar-refractivity contribution < 1.29 is 14.6 Å². The van der Waals surface area contributed by atoms with Gasteiger partial charge in [0.1, 0.15) is 28.5 Å². The van der Waals surface area contributed by atoms with Crippen molar-refractivity contribution in [2.45, 2.75) is 19.4 Å². The van der Waals surface area contributed by atoms with Crippen molar-refractivity contribution in [3.63, 3.8) is 0 Å². The second-order valence-electron chi connectivity index (χ2n) is 7.96. The number of carbonyl (C=O) groups excluding carboxylic acids is 1. The third-order valence-electron chi connectivity index (χ3n) is 5.43. The number of halogens is 2. The largest absolute Gasteiger partial charge is 0.456 e. The minimum atomic E-state index is -0.0683. The summed E-state index contributed by atoms with van der Waals surface area (Å²) in [6, 6.07) is 14.2. The standard InChI is InChI=1S/C24H21Cl2N5O3/c25-18-11-16(29-23-22-19(27-13-28-23)12-21(26)31(22)8-9-32)6-7-20(18)34-17-3-1-2-15(10-17)30-24(33)14-4-5-14/h1-3,6-7,10-14,32H,4-5,8-9H2,(H,30,33)(H,27,28,29). The van der Waals surface area contributed by atoms with Crippen molar-refractivity contribution >= 4 is 57.3 Å². The highest BCUT2D eigenvalue weighted by Gasteiger charge is 2.29. The number of hydrogen-bond donors (Lipinski definition) is 3. The predicted molar refractivity (Wildman–Crippen MR) is 132 cm³/mol. The number of benzene rings is 2. The summed E-state index contributed by atoms with van der Waals surface area (Å²) < 4.78 is 7.69. The molecule has 0 aliphatic heterocycles. The van der Waals surface area contributed by atoms with Gasteiger partial charge in [-0.2, -0.15) is 0 Å². The summed E-state index contributed by atoms with van der Waals surface area (Å²) >= 11 is 12.8. The summed E-state index contributed by atoms with van der Waals surface area (Å²) in [7, 11) is 0. The van der Waals surface area contributed by atoms with E-state index in [0.717, 1.165) is 12.8 Å². The van der Waals surface area contributed by atoms with Gasteiger partial charge in [-0.15, -0.1) is 0 Å². The number of amides is 1. The minimum absolute atomic E-state index is 0.0378. The number of fused-ring (bicyclic) bond motifs is 1. The summed E-state index contributed by atoms with van der Waals surface area (Å²) in [6.45, 7) is 0.249. The Hall–Kier alpha value is -3.33. The van der Waals surface area contributed by atoms with E-state index in [4.69, 9.17) is 27.9 Å². The normalized spacial score (nSPS) is 13.1. The summed E-state index contributed by atoms with van der Waals surface area (Å²) in [5, 5.41) is 16.4. The van der Waals surface area contributed by atoms with Gasteiger partial charge in [0.15, 0.2) is 5.82 Å². The quantitative estimate of drug-likeness (QED) is 0.292. The Morgan fingerprint density at radius 1 is 1.12 bits per heavy atom. The zero-order chi connectivity index (χ0) is 23.7. The first-order valence-corrected chi connectivity index (χ1v) is 11.5. The molecule has 1 amide bonds. The number of aliphatic hydroxyl groups is 1. The van der Waals surface area contributed by atoms with Crippen LogP contribution in [0.2, 0.25) is 10.2 Å². The van der Waals surface area contributed by atoms with Gasteiger partial charge < -0.3 is 25.0 Å². The molecule has 1 fully saturated rings. The van der Waals surface area contributed by atoms with Gasteiger partial charge in [0, 0.05) is 36.0 Å². The van der Waals surface area contributed by atoms with Crippen LogP contribution in [-0.2, 0) is 11.3 Å². The molecule has 2 aromatic heterocycles. The van der Waals surface area contributed by atoms with Gasteiger partial charge in [0.05, 0.1) is 17.1 Å². The zero-order valence-corrected chi connectivity index (χ0v) is 19.5. The Kier molecular flexibility index (Phi) is 6.28. The molecule has 0 unspecified atom stereocenters. The second-order valence-corrected chi connectivity index (χ2v) is 8.76. The fourth-order valence-electron chi connectivity index (χ4n) is 3.62. The second kappa shape index (κ2) is 9.50. The number of nitrogens with one attached hydrogen (secondary N) is 2. The monoisotopic (exact) mass is 497 g/mol. The van der Waals surface area contributed by atoms with E-state index < -0.39 is 0 Å². The molecule has 0 saturated heterocycles. The van der Waals surface area contributed by atoms with Gasteiger partial charge in [-0.25, -0.2) is 9.97 Å². The number of carbonyl (C=O) groups is 1. The van der Waals surface area contributed by atoms with Crippen molar-refractivity contribution in [1.82, 2.24) is 14.5 Å². The van der Waals surface area contributed by atoms with Crippen LogP contribution >= 0.6 is 23.2 Å². The van der Waals surface area contributed by atoms with Crippen LogP contribution < -0.4 is 15.4 Å². The average Bonchev–Trinajstić information content (AvgIpc) is 3.61. The molecule has 2 heterocycles. The molecule has 174 valence electrons. The number of aliphatic hydroxyl groups excluding tert-OH is 1. The molecule has 4 aromatic rings. The fraction of sp³-hybridized carbons (Fsp3) is 0.208. The first-order chi connectivity index (χ1) is 16.5. The molecule has 0 atom stereocenters. The maximum atomic E-state index is 12.0. The van der Waals surface area contributed by atoms with Crippen LogP contribution in [-0.4, -0.2) is 32.2 Å². The number of anilines is 3. The molecule has 3 N–H and O–H groups in total. The molecule has 5 rings (SSSR count). The summed E-state index contributed by atoms with van der Waals surface area (Å²) in [4.78, 5) is 20.6. The third kappa shape index (κ3) is 4.79. The van der Waals surface area contributed by atoms with Crippen LogP contribution in [0.15, 0.2) is 54.9 Å². The molecule has 2 aromatic carbocycles. The number of rotatable bonds is 8. The van der Waals surface area contributed by atoms with E-state index in [1.807, 2.05) is 18.2 Å². The minimum Gasteiger partial charge on any atom is -0.456 e. The van der Waals surface area contributed by atoms with Gasteiger partial charge in [-0.05, 0) is 43.2 Å². The number of hydrogen-bond acceptors (Lipinski definition) is 6. The predicted octanol–water partition coefficient (Wildman–Crippen LogP) is 5.61. The molecule has 1 aliphatic rings. The lowest BCUT2D eigenvalue weighted by molar-refractivity contribution is -0.117. The van der Waals surface area contributed by atoms with Crippen LogP contribution in [0.25, 0.3) is 11.0 Å². The Labute approximate surface area is 205 Å². The summed E-state index contributed by atoms with van der Waals surface area (Å²) in [6.07, 6.45) is 3.33. The average molecular weight is 498 g/mol. The lowest BCUT2D eigenvalue weighted by Gasteiger charge is -2.13. The van der Waals surface area contributed by atoms with Crippen molar-refractivity contribution in [2.24, 2.45) is 5.92 Å². The van der Waals surface area contributed by atoms with Crippen LogP contribution in [0.1, 0.15) is 12.8 Å². The highest BCUT2D eigenvalue weighted by molar-refractivity contribution is 6.32. The number of ether oxygens (including phenoxy) is 1. The van der Waals surface area contributed by atoms with E-state index in [2.05, 4.69) is 20.6 Å². The van der Waals surface area contributed by atoms with Crippen LogP contribution in [0.4, 0.5) is 17.2 Å². The molecule has 0 radical (unpaired) electrons. The third-order valence-corrected chi connectivity index (χ3v) is 6.04. The van der Waals surface area contributed by atoms with Crippen LogP contribution in [0, 0.1) is 5.92 Å². The Balaban J connectivity index is 1.34. The Morgan fingerprint density at radius 3 is 2.74 bits per heavy atom. The fourth-order valence-corrected chi connectivity index (χ4v) is 4.12. The van der Waals surface area contributed by atoms with E-state index in [0.29, 0.717) is 56.4 Å². The van der Waals surface area contributed by atoms with E-state index >= 15 is 0 Å². The number of nitrogens with zero attached hydrogens (tertiary/aromatic N) is 3. The Bertz CT molecular complexity index is 1370. The summed E-state index contributed by atoms with van der Waals surface area (Å²) in [5.41, 5.74) is 2.72. The molecular formula is C24H21Cl2N5O3. The lowest BCUT2D eigenvalue weighted by atomic mass is 10.2. The van der Waals surface area contributed by atoms with Gasteiger partial charge in [-0.3, -0.25) is 4.79 Å². The lowest BCUT2D eigenvalue weighted by Crippen LogP contribution is -2.13. The molecule has 0 spiro atoms. The molecule has 1 saturated carbocycles. The smallest absolute Gasteiger partial charge is 0.227 e. The summed E-state index contributed by atoms with van der Waals surface area (Å²) in [5.74, 6) is 1.73. The van der Waals surface area contributed by atoms with Gasteiger partial charge in [0.25, 0.3) is 0 Å². The molecular weight excluding hydrogens is 477 g/mol. The first-order valence-electron chi connectivity index (χ1n) is 10.8. The molecule has 1 aliphatic carbocycles. The molecule has 10 heteroatoms. The van der Waals surface area contributed by atoms with Crippen LogP contribution in [0.3, 0.4) is 0 Å². The first kappa shape index (κ1) is 22.5. The number of aromatic nitrogens is 3. The van der Waals surface area contributed by atoms with Gasteiger partial charge in [-0.1, -0.05) is 29.3 Å². The maximum Gasteiger partial charge on any atom is 0.227 e. The highest BCUT2D eigenvalue weighted by Crippen LogP contribution is 2.35. The zero-order valence-electron chi connectivity index (χ0n) is 18.0.